The lowest BCUT2D eigenvalue weighted by molar-refractivity contribution is 0.111. The Bertz CT molecular complexity index is 525. The van der Waals surface area contributed by atoms with E-state index in [-0.39, 0.29) is 0 Å². The maximum atomic E-state index is 11.0. The fourth-order valence-corrected chi connectivity index (χ4v) is 1.54. The molecule has 0 aliphatic rings. The number of aromatic nitrogens is 1. The molecule has 0 N–H and O–H groups in total. The molecule has 1 aromatic carbocycles. The lowest BCUT2D eigenvalue weighted by atomic mass is 10.1. The van der Waals surface area contributed by atoms with Crippen molar-refractivity contribution in [2.75, 3.05) is 20.3 Å². The van der Waals surface area contributed by atoms with Crippen molar-refractivity contribution in [3.8, 4) is 5.88 Å². The number of nitrogens with zero attached hydrogens (tertiary/aromatic N) is 1. The van der Waals surface area contributed by atoms with Gasteiger partial charge >= 0.3 is 0 Å². The van der Waals surface area contributed by atoms with E-state index in [0.29, 0.717) is 24.7 Å². The predicted molar refractivity (Wildman–Crippen MR) is 64.5 cm³/mol. The fraction of sp³-hybridized carbons (Fsp3) is 0.231. The van der Waals surface area contributed by atoms with E-state index >= 15 is 0 Å². The van der Waals surface area contributed by atoms with Crippen molar-refractivity contribution in [1.29, 1.82) is 0 Å². The summed E-state index contributed by atoms with van der Waals surface area (Å²) in [6.45, 7) is 0.843. The lowest BCUT2D eigenvalue weighted by Crippen LogP contribution is -2.07. The number of hydrogen-bond acceptors (Lipinski definition) is 4. The highest BCUT2D eigenvalue weighted by Gasteiger charge is 2.07. The molecule has 0 bridgehead atoms. The standard InChI is InChI=1S/C13H13NO3/c1-16-6-7-17-13-11(9-15)8-10-4-2-3-5-12(10)14-13/h2-5,8-9H,6-7H2,1H3. The maximum Gasteiger partial charge on any atom is 0.224 e. The molecule has 0 atom stereocenters. The number of ether oxygens (including phenoxy) is 2. The molecule has 0 saturated heterocycles. The van der Waals surface area contributed by atoms with Crippen LogP contribution in [-0.2, 0) is 4.74 Å². The molecular formula is C13H13NO3. The van der Waals surface area contributed by atoms with Crippen LogP contribution in [0.15, 0.2) is 30.3 Å². The maximum absolute atomic E-state index is 11.0. The molecule has 0 aliphatic heterocycles. The highest BCUT2D eigenvalue weighted by atomic mass is 16.5. The van der Waals surface area contributed by atoms with Gasteiger partial charge in [0.05, 0.1) is 17.7 Å². The van der Waals surface area contributed by atoms with Gasteiger partial charge in [0.1, 0.15) is 6.61 Å². The number of carbonyl (C=O) groups excluding carboxylic acids is 1. The molecule has 1 heterocycles. The van der Waals surface area contributed by atoms with E-state index in [9.17, 15) is 4.79 Å². The van der Waals surface area contributed by atoms with Crippen LogP contribution < -0.4 is 4.74 Å². The second-order valence-electron chi connectivity index (χ2n) is 3.53. The third-order valence-electron chi connectivity index (χ3n) is 2.37. The molecule has 17 heavy (non-hydrogen) atoms. The molecule has 0 amide bonds. The molecule has 88 valence electrons. The Morgan fingerprint density at radius 2 is 2.12 bits per heavy atom. The molecule has 0 radical (unpaired) electrons. The Morgan fingerprint density at radius 3 is 2.88 bits per heavy atom. The highest BCUT2D eigenvalue weighted by Crippen LogP contribution is 2.20. The van der Waals surface area contributed by atoms with E-state index in [4.69, 9.17) is 9.47 Å². The average molecular weight is 231 g/mol. The minimum absolute atomic E-state index is 0.357. The summed E-state index contributed by atoms with van der Waals surface area (Å²) in [4.78, 5) is 15.3. The van der Waals surface area contributed by atoms with E-state index in [2.05, 4.69) is 4.98 Å². The first-order valence-electron chi connectivity index (χ1n) is 5.32. The molecule has 0 aliphatic carbocycles. The van der Waals surface area contributed by atoms with Gasteiger partial charge in [-0.15, -0.1) is 0 Å². The van der Waals surface area contributed by atoms with Crippen molar-refractivity contribution < 1.29 is 14.3 Å². The first-order chi connectivity index (χ1) is 8.35. The van der Waals surface area contributed by atoms with Gasteiger partial charge in [0, 0.05) is 12.5 Å². The van der Waals surface area contributed by atoms with Crippen LogP contribution in [0.1, 0.15) is 10.4 Å². The Balaban J connectivity index is 2.35. The summed E-state index contributed by atoms with van der Waals surface area (Å²) in [6.07, 6.45) is 0.752. The quantitative estimate of drug-likeness (QED) is 0.584. The number of benzene rings is 1. The van der Waals surface area contributed by atoms with Crippen LogP contribution in [0.5, 0.6) is 5.88 Å². The van der Waals surface area contributed by atoms with Crippen LogP contribution in [0, 0.1) is 0 Å². The van der Waals surface area contributed by atoms with Crippen LogP contribution in [0.2, 0.25) is 0 Å². The van der Waals surface area contributed by atoms with E-state index < -0.39 is 0 Å². The summed E-state index contributed by atoms with van der Waals surface area (Å²) in [5, 5.41) is 0.925. The van der Waals surface area contributed by atoms with Crippen LogP contribution in [0.25, 0.3) is 10.9 Å². The van der Waals surface area contributed by atoms with Gasteiger partial charge in [-0.05, 0) is 12.1 Å². The number of aldehydes is 1. The fourth-order valence-electron chi connectivity index (χ4n) is 1.54. The number of methoxy groups -OCH3 is 1. The van der Waals surface area contributed by atoms with E-state index in [1.807, 2.05) is 24.3 Å². The third kappa shape index (κ3) is 2.60. The van der Waals surface area contributed by atoms with Crippen LogP contribution >= 0.6 is 0 Å². The van der Waals surface area contributed by atoms with Gasteiger partial charge in [0.25, 0.3) is 0 Å². The minimum atomic E-state index is 0.357. The first-order valence-corrected chi connectivity index (χ1v) is 5.32. The van der Waals surface area contributed by atoms with Crippen LogP contribution in [0.3, 0.4) is 0 Å². The number of para-hydroxylation sites is 1. The number of carbonyl (C=O) groups is 1. The van der Waals surface area contributed by atoms with Crippen molar-refractivity contribution in [1.82, 2.24) is 4.98 Å². The van der Waals surface area contributed by atoms with Crippen LogP contribution in [-0.4, -0.2) is 31.6 Å². The van der Waals surface area contributed by atoms with E-state index in [1.54, 1.807) is 13.2 Å². The normalized spacial score (nSPS) is 10.4. The molecule has 2 aromatic rings. The van der Waals surface area contributed by atoms with Gasteiger partial charge in [-0.2, -0.15) is 0 Å². The average Bonchev–Trinajstić information content (AvgIpc) is 2.38. The molecule has 0 spiro atoms. The second-order valence-corrected chi connectivity index (χ2v) is 3.53. The van der Waals surface area contributed by atoms with Crippen molar-refractivity contribution in [3.05, 3.63) is 35.9 Å². The van der Waals surface area contributed by atoms with Crippen molar-refractivity contribution >= 4 is 17.2 Å². The number of pyridine rings is 1. The topological polar surface area (TPSA) is 48.4 Å². The summed E-state index contributed by atoms with van der Waals surface area (Å²) >= 11 is 0. The summed E-state index contributed by atoms with van der Waals surface area (Å²) in [6, 6.07) is 9.37. The summed E-state index contributed by atoms with van der Waals surface area (Å²) < 4.78 is 10.3. The Kier molecular flexibility index (Phi) is 3.67. The van der Waals surface area contributed by atoms with Gasteiger partial charge in [-0.1, -0.05) is 18.2 Å². The zero-order valence-corrected chi connectivity index (χ0v) is 9.55. The Labute approximate surface area is 99.2 Å². The van der Waals surface area contributed by atoms with Gasteiger partial charge in [-0.3, -0.25) is 4.79 Å². The summed E-state index contributed by atoms with van der Waals surface area (Å²) in [5.41, 5.74) is 1.27. The Morgan fingerprint density at radius 1 is 1.29 bits per heavy atom. The SMILES string of the molecule is COCCOc1nc2ccccc2cc1C=O. The van der Waals surface area contributed by atoms with Crippen LogP contribution in [0.4, 0.5) is 0 Å². The molecule has 1 aromatic heterocycles. The minimum Gasteiger partial charge on any atom is -0.475 e. The number of rotatable bonds is 5. The highest BCUT2D eigenvalue weighted by molar-refractivity contribution is 5.88. The molecule has 2 rings (SSSR count). The van der Waals surface area contributed by atoms with Gasteiger partial charge in [0.2, 0.25) is 5.88 Å². The summed E-state index contributed by atoms with van der Waals surface area (Å²) in [7, 11) is 1.60. The van der Waals surface area contributed by atoms with Gasteiger partial charge in [-0.25, -0.2) is 4.98 Å². The van der Waals surface area contributed by atoms with Crippen molar-refractivity contribution in [2.45, 2.75) is 0 Å². The largest absolute Gasteiger partial charge is 0.475 e. The lowest BCUT2D eigenvalue weighted by Gasteiger charge is -2.08. The zero-order valence-electron chi connectivity index (χ0n) is 9.55. The van der Waals surface area contributed by atoms with Gasteiger partial charge in [0.15, 0.2) is 6.29 Å². The molecule has 0 fully saturated rings. The van der Waals surface area contributed by atoms with Gasteiger partial charge < -0.3 is 9.47 Å². The van der Waals surface area contributed by atoms with E-state index in [0.717, 1.165) is 17.2 Å². The molecule has 0 saturated carbocycles. The monoisotopic (exact) mass is 231 g/mol. The molecule has 4 heteroatoms. The van der Waals surface area contributed by atoms with Crippen molar-refractivity contribution in [2.24, 2.45) is 0 Å². The van der Waals surface area contributed by atoms with E-state index in [1.165, 1.54) is 0 Å². The molecule has 4 nitrogen and oxygen atoms in total. The number of fused-ring (bicyclic) bond motifs is 1. The molecule has 0 unspecified atom stereocenters. The predicted octanol–water partition coefficient (Wildman–Crippen LogP) is 2.07. The first kappa shape index (κ1) is 11.5. The summed E-state index contributed by atoms with van der Waals surface area (Å²) in [5.74, 6) is 0.357. The Hall–Kier alpha value is -1.94. The third-order valence-corrected chi connectivity index (χ3v) is 2.37. The molecular weight excluding hydrogens is 218 g/mol. The van der Waals surface area contributed by atoms with Crippen molar-refractivity contribution in [3.63, 3.8) is 0 Å². The smallest absolute Gasteiger partial charge is 0.224 e. The number of hydrogen-bond donors (Lipinski definition) is 0. The zero-order chi connectivity index (χ0) is 12.1. The second kappa shape index (κ2) is 5.41.